The molecule has 0 amide bonds. The molecule has 2 aromatic carbocycles. The van der Waals surface area contributed by atoms with Gasteiger partial charge in [0.2, 0.25) is 6.79 Å². The standard InChI is InChI=1S/C17H14N2O4S/c1-21-11-4-2-3-10(5-11)8-19-16(20)12-6-14-15(23-9-22-14)7-13(12)18-17(19)24/h2-7H,8-9H2,1H3,(H,18,24). The number of rotatable bonds is 3. The Hall–Kier alpha value is -2.80. The van der Waals surface area contributed by atoms with Gasteiger partial charge >= 0.3 is 0 Å². The second-order valence-electron chi connectivity index (χ2n) is 5.42. The number of benzene rings is 2. The second-order valence-corrected chi connectivity index (χ2v) is 5.81. The van der Waals surface area contributed by atoms with Crippen LogP contribution in [0.2, 0.25) is 0 Å². The summed E-state index contributed by atoms with van der Waals surface area (Å²) in [5.74, 6) is 1.91. The van der Waals surface area contributed by atoms with Gasteiger partial charge in [-0.15, -0.1) is 0 Å². The van der Waals surface area contributed by atoms with Gasteiger partial charge in [-0.1, -0.05) is 12.1 Å². The predicted octanol–water partition coefficient (Wildman–Crippen LogP) is 2.84. The summed E-state index contributed by atoms with van der Waals surface area (Å²) in [5, 5.41) is 0.510. The van der Waals surface area contributed by atoms with Crippen LogP contribution in [0.3, 0.4) is 0 Å². The summed E-state index contributed by atoms with van der Waals surface area (Å²) < 4.78 is 17.8. The van der Waals surface area contributed by atoms with Crippen molar-refractivity contribution in [1.29, 1.82) is 0 Å². The van der Waals surface area contributed by atoms with Crippen molar-refractivity contribution in [2.24, 2.45) is 0 Å². The molecule has 6 nitrogen and oxygen atoms in total. The van der Waals surface area contributed by atoms with Crippen LogP contribution in [-0.2, 0) is 6.54 Å². The molecular weight excluding hydrogens is 328 g/mol. The van der Waals surface area contributed by atoms with Gasteiger partial charge in [0.05, 0.1) is 24.6 Å². The highest BCUT2D eigenvalue weighted by atomic mass is 32.1. The van der Waals surface area contributed by atoms with Crippen LogP contribution in [-0.4, -0.2) is 23.5 Å². The third kappa shape index (κ3) is 2.43. The van der Waals surface area contributed by atoms with E-state index >= 15 is 0 Å². The molecule has 0 fully saturated rings. The van der Waals surface area contributed by atoms with Crippen molar-refractivity contribution in [3.05, 3.63) is 57.1 Å². The highest BCUT2D eigenvalue weighted by Gasteiger charge is 2.17. The first kappa shape index (κ1) is 14.8. The van der Waals surface area contributed by atoms with E-state index in [0.29, 0.717) is 33.7 Å². The average molecular weight is 342 g/mol. The quantitative estimate of drug-likeness (QED) is 0.742. The van der Waals surface area contributed by atoms with Crippen LogP contribution >= 0.6 is 12.2 Å². The number of hydrogen-bond donors (Lipinski definition) is 1. The minimum atomic E-state index is -0.171. The van der Waals surface area contributed by atoms with E-state index in [4.69, 9.17) is 26.4 Å². The molecule has 1 aliphatic rings. The molecule has 0 atom stereocenters. The Balaban J connectivity index is 1.85. The second kappa shape index (κ2) is 5.68. The molecule has 122 valence electrons. The van der Waals surface area contributed by atoms with E-state index in [-0.39, 0.29) is 12.4 Å². The van der Waals surface area contributed by atoms with Crippen molar-refractivity contribution < 1.29 is 14.2 Å². The summed E-state index contributed by atoms with van der Waals surface area (Å²) in [4.78, 5) is 15.9. The number of methoxy groups -OCH3 is 1. The van der Waals surface area contributed by atoms with Crippen LogP contribution in [0.25, 0.3) is 10.9 Å². The molecule has 0 saturated heterocycles. The maximum atomic E-state index is 12.9. The minimum Gasteiger partial charge on any atom is -0.497 e. The normalized spacial score (nSPS) is 12.5. The van der Waals surface area contributed by atoms with Crippen LogP contribution in [0.4, 0.5) is 0 Å². The fourth-order valence-corrected chi connectivity index (χ4v) is 3.00. The van der Waals surface area contributed by atoms with Crippen molar-refractivity contribution in [1.82, 2.24) is 9.55 Å². The lowest BCUT2D eigenvalue weighted by molar-refractivity contribution is 0.174. The molecule has 1 aliphatic heterocycles. The van der Waals surface area contributed by atoms with Crippen LogP contribution in [0, 0.1) is 4.77 Å². The lowest BCUT2D eigenvalue weighted by Gasteiger charge is -2.10. The van der Waals surface area contributed by atoms with Gasteiger partial charge in [-0.3, -0.25) is 9.36 Å². The van der Waals surface area contributed by atoms with E-state index in [9.17, 15) is 4.79 Å². The molecule has 0 radical (unpaired) electrons. The van der Waals surface area contributed by atoms with Gasteiger partial charge in [0.25, 0.3) is 5.56 Å². The number of nitrogens with zero attached hydrogens (tertiary/aromatic N) is 1. The zero-order valence-corrected chi connectivity index (χ0v) is 13.7. The summed E-state index contributed by atoms with van der Waals surface area (Å²) in [6.45, 7) is 0.514. The van der Waals surface area contributed by atoms with E-state index in [2.05, 4.69) is 4.98 Å². The summed E-state index contributed by atoms with van der Waals surface area (Å²) in [5.41, 5.74) is 1.39. The Morgan fingerprint density at radius 3 is 2.83 bits per heavy atom. The number of aromatic amines is 1. The lowest BCUT2D eigenvalue weighted by atomic mass is 10.2. The largest absolute Gasteiger partial charge is 0.497 e. The molecule has 0 aliphatic carbocycles. The Morgan fingerprint density at radius 1 is 1.25 bits per heavy atom. The SMILES string of the molecule is COc1cccc(Cn2c(=S)[nH]c3cc4c(cc3c2=O)OCO4)c1. The van der Waals surface area contributed by atoms with Crippen LogP contribution < -0.4 is 19.8 Å². The molecule has 1 N–H and O–H groups in total. The smallest absolute Gasteiger partial charge is 0.262 e. The molecule has 24 heavy (non-hydrogen) atoms. The molecule has 4 rings (SSSR count). The number of hydrogen-bond acceptors (Lipinski definition) is 5. The topological polar surface area (TPSA) is 65.5 Å². The van der Waals surface area contributed by atoms with Gasteiger partial charge in [-0.2, -0.15) is 0 Å². The third-order valence-corrected chi connectivity index (χ3v) is 4.27. The van der Waals surface area contributed by atoms with Gasteiger partial charge in [0.15, 0.2) is 16.3 Å². The molecule has 0 unspecified atom stereocenters. The number of nitrogens with one attached hydrogen (secondary N) is 1. The summed E-state index contributed by atoms with van der Waals surface area (Å²) in [7, 11) is 1.61. The molecule has 1 aromatic heterocycles. The van der Waals surface area contributed by atoms with Crippen molar-refractivity contribution in [2.45, 2.75) is 6.54 Å². The first-order chi connectivity index (χ1) is 11.7. The van der Waals surface area contributed by atoms with E-state index in [1.807, 2.05) is 24.3 Å². The Labute approximate surface area is 142 Å². The van der Waals surface area contributed by atoms with Gasteiger partial charge in [-0.05, 0) is 36.0 Å². The van der Waals surface area contributed by atoms with Crippen LogP contribution in [0.5, 0.6) is 17.2 Å². The zero-order chi connectivity index (χ0) is 16.7. The lowest BCUT2D eigenvalue weighted by Crippen LogP contribution is -2.22. The number of H-pyrrole nitrogens is 1. The van der Waals surface area contributed by atoms with Crippen molar-refractivity contribution in [2.75, 3.05) is 13.9 Å². The van der Waals surface area contributed by atoms with E-state index in [1.165, 1.54) is 4.57 Å². The highest BCUT2D eigenvalue weighted by Crippen LogP contribution is 2.34. The van der Waals surface area contributed by atoms with Crippen LogP contribution in [0.15, 0.2) is 41.2 Å². The molecule has 2 heterocycles. The molecule has 0 saturated carbocycles. The first-order valence-corrected chi connectivity index (χ1v) is 7.76. The maximum absolute atomic E-state index is 12.9. The minimum absolute atomic E-state index is 0.157. The van der Waals surface area contributed by atoms with E-state index in [1.54, 1.807) is 19.2 Å². The maximum Gasteiger partial charge on any atom is 0.262 e. The van der Waals surface area contributed by atoms with Crippen molar-refractivity contribution in [3.8, 4) is 17.2 Å². The first-order valence-electron chi connectivity index (χ1n) is 7.35. The monoisotopic (exact) mass is 342 g/mol. The zero-order valence-electron chi connectivity index (χ0n) is 12.9. The fourth-order valence-electron chi connectivity index (χ4n) is 2.74. The number of ether oxygens (including phenoxy) is 3. The van der Waals surface area contributed by atoms with Crippen LogP contribution in [0.1, 0.15) is 5.56 Å². The summed E-state index contributed by atoms with van der Waals surface area (Å²) in [6, 6.07) is 11.0. The molecule has 7 heteroatoms. The van der Waals surface area contributed by atoms with Gasteiger partial charge < -0.3 is 19.2 Å². The van der Waals surface area contributed by atoms with Crippen molar-refractivity contribution in [3.63, 3.8) is 0 Å². The average Bonchev–Trinajstić information content (AvgIpc) is 3.05. The Morgan fingerprint density at radius 2 is 2.04 bits per heavy atom. The highest BCUT2D eigenvalue weighted by molar-refractivity contribution is 7.71. The molecule has 3 aromatic rings. The third-order valence-electron chi connectivity index (χ3n) is 3.95. The predicted molar refractivity (Wildman–Crippen MR) is 91.6 cm³/mol. The summed E-state index contributed by atoms with van der Waals surface area (Å²) in [6.07, 6.45) is 0. The summed E-state index contributed by atoms with van der Waals surface area (Å²) >= 11 is 5.36. The molecular formula is C17H14N2O4S. The van der Waals surface area contributed by atoms with E-state index < -0.39 is 0 Å². The Kier molecular flexibility index (Phi) is 3.50. The number of fused-ring (bicyclic) bond motifs is 2. The van der Waals surface area contributed by atoms with Gasteiger partial charge in [0.1, 0.15) is 5.75 Å². The van der Waals surface area contributed by atoms with Gasteiger partial charge in [-0.25, -0.2) is 0 Å². The van der Waals surface area contributed by atoms with E-state index in [0.717, 1.165) is 11.3 Å². The Bertz CT molecular complexity index is 1050. The molecule has 0 bridgehead atoms. The van der Waals surface area contributed by atoms with Gasteiger partial charge in [0, 0.05) is 6.07 Å². The fraction of sp³-hybridized carbons (Fsp3) is 0.176. The van der Waals surface area contributed by atoms with Crippen molar-refractivity contribution >= 4 is 23.1 Å². The number of aromatic nitrogens is 2. The molecule has 0 spiro atoms.